The van der Waals surface area contributed by atoms with Crippen molar-refractivity contribution in [2.75, 3.05) is 5.43 Å². The topological polar surface area (TPSA) is 24.4 Å². The molecule has 2 rings (SSSR count). The van der Waals surface area contributed by atoms with Crippen LogP contribution >= 0.6 is 23.2 Å². The van der Waals surface area contributed by atoms with Gasteiger partial charge in [-0.05, 0) is 42.3 Å². The van der Waals surface area contributed by atoms with Crippen LogP contribution in [0, 0.1) is 6.92 Å². The van der Waals surface area contributed by atoms with Gasteiger partial charge < -0.3 is 0 Å². The molecule has 0 aromatic heterocycles. The Kier molecular flexibility index (Phi) is 4.24. The van der Waals surface area contributed by atoms with Crippen molar-refractivity contribution < 1.29 is 0 Å². The molecule has 0 radical (unpaired) electrons. The fourth-order valence-corrected chi connectivity index (χ4v) is 1.70. The van der Waals surface area contributed by atoms with Gasteiger partial charge in [0.1, 0.15) is 0 Å². The maximum atomic E-state index is 6.02. The summed E-state index contributed by atoms with van der Waals surface area (Å²) in [6, 6.07) is 13.2. The van der Waals surface area contributed by atoms with Crippen LogP contribution in [0.15, 0.2) is 47.6 Å². The molecule has 18 heavy (non-hydrogen) atoms. The molecule has 0 aliphatic rings. The van der Waals surface area contributed by atoms with Crippen LogP contribution in [0.25, 0.3) is 0 Å². The van der Waals surface area contributed by atoms with Crippen LogP contribution in [0.1, 0.15) is 11.1 Å². The predicted octanol–water partition coefficient (Wildman–Crippen LogP) is 4.75. The molecule has 4 heteroatoms. The van der Waals surface area contributed by atoms with Crippen LogP contribution in [-0.2, 0) is 0 Å². The summed E-state index contributed by atoms with van der Waals surface area (Å²) in [5.74, 6) is 0. The smallest absolute Gasteiger partial charge is 0.0576 e. The van der Waals surface area contributed by atoms with E-state index in [0.717, 1.165) is 21.8 Å². The van der Waals surface area contributed by atoms with Crippen LogP contribution in [0.3, 0.4) is 0 Å². The van der Waals surface area contributed by atoms with Crippen LogP contribution in [0.5, 0.6) is 0 Å². The van der Waals surface area contributed by atoms with Gasteiger partial charge in [0.2, 0.25) is 0 Å². The van der Waals surface area contributed by atoms with Crippen molar-refractivity contribution >= 4 is 35.1 Å². The van der Waals surface area contributed by atoms with Gasteiger partial charge in [0, 0.05) is 10.0 Å². The van der Waals surface area contributed by atoms with E-state index in [9.17, 15) is 0 Å². The monoisotopic (exact) mass is 278 g/mol. The third-order valence-corrected chi connectivity index (χ3v) is 3.11. The fraction of sp³-hybridized carbons (Fsp3) is 0.0714. The number of rotatable bonds is 3. The van der Waals surface area contributed by atoms with E-state index in [4.69, 9.17) is 23.2 Å². The lowest BCUT2D eigenvalue weighted by atomic mass is 10.2. The summed E-state index contributed by atoms with van der Waals surface area (Å²) in [5.41, 5.74) is 5.81. The molecule has 0 spiro atoms. The summed E-state index contributed by atoms with van der Waals surface area (Å²) in [4.78, 5) is 0. The number of anilines is 1. The van der Waals surface area contributed by atoms with Crippen molar-refractivity contribution in [2.45, 2.75) is 6.92 Å². The molecule has 1 N–H and O–H groups in total. The van der Waals surface area contributed by atoms with Crippen LogP contribution in [0.4, 0.5) is 5.69 Å². The second-order valence-electron chi connectivity index (χ2n) is 3.89. The van der Waals surface area contributed by atoms with Crippen molar-refractivity contribution in [1.29, 1.82) is 0 Å². The van der Waals surface area contributed by atoms with E-state index < -0.39 is 0 Å². The van der Waals surface area contributed by atoms with E-state index in [0.29, 0.717) is 5.02 Å². The van der Waals surface area contributed by atoms with Gasteiger partial charge in [-0.3, -0.25) is 5.43 Å². The SMILES string of the molecule is Cc1ccc(N/N=C\c2ccc(Cl)cc2)cc1Cl. The van der Waals surface area contributed by atoms with Gasteiger partial charge in [-0.2, -0.15) is 5.10 Å². The van der Waals surface area contributed by atoms with Gasteiger partial charge in [-0.25, -0.2) is 0 Å². The second kappa shape index (κ2) is 5.89. The average Bonchev–Trinajstić information content (AvgIpc) is 2.36. The van der Waals surface area contributed by atoms with Gasteiger partial charge in [0.15, 0.2) is 0 Å². The third kappa shape index (κ3) is 3.49. The Morgan fingerprint density at radius 1 is 1.06 bits per heavy atom. The number of nitrogens with one attached hydrogen (secondary N) is 1. The van der Waals surface area contributed by atoms with Crippen LogP contribution in [0.2, 0.25) is 10.0 Å². The lowest BCUT2D eigenvalue weighted by Crippen LogP contribution is -1.91. The summed E-state index contributed by atoms with van der Waals surface area (Å²) in [5, 5.41) is 5.57. The molecule has 0 unspecified atom stereocenters. The van der Waals surface area contributed by atoms with E-state index in [1.807, 2.05) is 49.4 Å². The molecule has 2 aromatic rings. The molecule has 0 atom stereocenters. The summed E-state index contributed by atoms with van der Waals surface area (Å²) >= 11 is 11.8. The Bertz CT molecular complexity index is 563. The first kappa shape index (κ1) is 12.9. The number of nitrogens with zero attached hydrogens (tertiary/aromatic N) is 1. The lowest BCUT2D eigenvalue weighted by molar-refractivity contribution is 1.34. The van der Waals surface area contributed by atoms with Crippen LogP contribution < -0.4 is 5.43 Å². The van der Waals surface area contributed by atoms with Gasteiger partial charge in [0.05, 0.1) is 11.9 Å². The Labute approximate surface area is 116 Å². The zero-order valence-corrected chi connectivity index (χ0v) is 11.3. The maximum Gasteiger partial charge on any atom is 0.0576 e. The average molecular weight is 279 g/mol. The predicted molar refractivity (Wildman–Crippen MR) is 78.9 cm³/mol. The van der Waals surface area contributed by atoms with Gasteiger partial charge >= 0.3 is 0 Å². The number of benzene rings is 2. The molecule has 92 valence electrons. The zero-order chi connectivity index (χ0) is 13.0. The van der Waals surface area contributed by atoms with Crippen molar-refractivity contribution in [2.24, 2.45) is 5.10 Å². The normalized spacial score (nSPS) is 10.8. The summed E-state index contributed by atoms with van der Waals surface area (Å²) in [6.45, 7) is 1.96. The van der Waals surface area contributed by atoms with Gasteiger partial charge in [0.25, 0.3) is 0 Å². The minimum atomic E-state index is 0.713. The quantitative estimate of drug-likeness (QED) is 0.636. The molecular formula is C14H12Cl2N2. The molecule has 0 amide bonds. The molecule has 0 aliphatic heterocycles. The van der Waals surface area contributed by atoms with E-state index in [1.165, 1.54) is 0 Å². The van der Waals surface area contributed by atoms with E-state index >= 15 is 0 Å². The van der Waals surface area contributed by atoms with Gasteiger partial charge in [-0.15, -0.1) is 0 Å². The first-order valence-electron chi connectivity index (χ1n) is 5.46. The molecular weight excluding hydrogens is 267 g/mol. The standard InChI is InChI=1S/C14H12Cl2N2/c1-10-2-7-13(8-14(10)16)18-17-9-11-3-5-12(15)6-4-11/h2-9,18H,1H3/b17-9-. The van der Waals surface area contributed by atoms with Crippen LogP contribution in [-0.4, -0.2) is 6.21 Å². The highest BCUT2D eigenvalue weighted by Gasteiger charge is 1.96. The lowest BCUT2D eigenvalue weighted by Gasteiger charge is -2.02. The highest BCUT2D eigenvalue weighted by atomic mass is 35.5. The highest BCUT2D eigenvalue weighted by Crippen LogP contribution is 2.19. The second-order valence-corrected chi connectivity index (χ2v) is 4.73. The van der Waals surface area contributed by atoms with Gasteiger partial charge in [-0.1, -0.05) is 41.4 Å². The third-order valence-electron chi connectivity index (χ3n) is 2.45. The Hall–Kier alpha value is -1.51. The first-order valence-corrected chi connectivity index (χ1v) is 6.21. The molecule has 2 nitrogen and oxygen atoms in total. The van der Waals surface area contributed by atoms with Crippen molar-refractivity contribution in [3.05, 3.63) is 63.6 Å². The molecule has 2 aromatic carbocycles. The van der Waals surface area contributed by atoms with Crippen molar-refractivity contribution in [1.82, 2.24) is 0 Å². The number of hydrazone groups is 1. The summed E-state index contributed by atoms with van der Waals surface area (Å²) < 4.78 is 0. The molecule has 0 saturated heterocycles. The fourth-order valence-electron chi connectivity index (χ4n) is 1.39. The summed E-state index contributed by atoms with van der Waals surface area (Å²) in [7, 11) is 0. The molecule has 0 saturated carbocycles. The molecule has 0 aliphatic carbocycles. The number of halogens is 2. The first-order chi connectivity index (χ1) is 8.65. The van der Waals surface area contributed by atoms with E-state index in [-0.39, 0.29) is 0 Å². The number of hydrogen-bond donors (Lipinski definition) is 1. The molecule has 0 heterocycles. The Morgan fingerprint density at radius 2 is 1.78 bits per heavy atom. The van der Waals surface area contributed by atoms with Crippen molar-refractivity contribution in [3.63, 3.8) is 0 Å². The van der Waals surface area contributed by atoms with E-state index in [1.54, 1.807) is 6.21 Å². The number of aryl methyl sites for hydroxylation is 1. The Morgan fingerprint density at radius 3 is 2.44 bits per heavy atom. The minimum absolute atomic E-state index is 0.713. The Balaban J connectivity index is 2.02. The van der Waals surface area contributed by atoms with E-state index in [2.05, 4.69) is 10.5 Å². The summed E-state index contributed by atoms with van der Waals surface area (Å²) in [6.07, 6.45) is 1.73. The van der Waals surface area contributed by atoms with Crippen molar-refractivity contribution in [3.8, 4) is 0 Å². The highest BCUT2D eigenvalue weighted by molar-refractivity contribution is 6.31. The molecule has 0 fully saturated rings. The minimum Gasteiger partial charge on any atom is -0.278 e. The largest absolute Gasteiger partial charge is 0.278 e. The zero-order valence-electron chi connectivity index (χ0n) is 9.82. The molecule has 0 bridgehead atoms. The maximum absolute atomic E-state index is 6.02. The number of hydrogen-bond acceptors (Lipinski definition) is 2.